The van der Waals surface area contributed by atoms with E-state index in [9.17, 15) is 18.0 Å². The van der Waals surface area contributed by atoms with Gasteiger partial charge in [0, 0.05) is 5.56 Å². The second-order valence-electron chi connectivity index (χ2n) is 6.83. The van der Waals surface area contributed by atoms with E-state index in [0.717, 1.165) is 30.9 Å². The van der Waals surface area contributed by atoms with Gasteiger partial charge in [0.05, 0.1) is 44.2 Å². The molecule has 1 saturated heterocycles. The predicted octanol–water partition coefficient (Wildman–Crippen LogP) is 2.00. The van der Waals surface area contributed by atoms with Crippen molar-refractivity contribution in [1.82, 2.24) is 14.9 Å². The Morgan fingerprint density at radius 1 is 1.18 bits per heavy atom. The Morgan fingerprint density at radius 3 is 2.43 bits per heavy atom. The molecule has 1 aromatic heterocycles. The quantitative estimate of drug-likeness (QED) is 0.618. The molecule has 0 saturated carbocycles. The largest absolute Gasteiger partial charge is 0.433 e. The monoisotopic (exact) mass is 411 g/mol. The van der Waals surface area contributed by atoms with Crippen LogP contribution in [0.1, 0.15) is 12.6 Å². The van der Waals surface area contributed by atoms with E-state index in [-0.39, 0.29) is 16.8 Å². The maximum atomic E-state index is 13.3. The summed E-state index contributed by atoms with van der Waals surface area (Å²) in [7, 11) is 2.07. The van der Waals surface area contributed by atoms with Crippen LogP contribution in [0.5, 0.6) is 0 Å². The third-order valence-corrected chi connectivity index (χ3v) is 5.57. The molecule has 5 nitrogen and oxygen atoms in total. The third kappa shape index (κ3) is 5.02. The van der Waals surface area contributed by atoms with Crippen molar-refractivity contribution in [2.45, 2.75) is 23.5 Å². The molecule has 0 radical (unpaired) electrons. The molecule has 3 rings (SSSR count). The van der Waals surface area contributed by atoms with E-state index in [4.69, 9.17) is 0 Å². The zero-order valence-corrected chi connectivity index (χ0v) is 16.5. The number of likely N-dealkylation sites (N-methyl/N-ethyl adjacent to an activating group) is 1. The molecule has 0 aliphatic carbocycles. The molecule has 28 heavy (non-hydrogen) atoms. The highest BCUT2D eigenvalue weighted by atomic mass is 32.2. The van der Waals surface area contributed by atoms with Crippen LogP contribution in [-0.4, -0.2) is 59.3 Å². The zero-order chi connectivity index (χ0) is 20.3. The lowest BCUT2D eigenvalue weighted by Crippen LogP contribution is -3.12. The number of carbonyl (C=O) groups is 1. The van der Waals surface area contributed by atoms with Crippen molar-refractivity contribution in [3.8, 4) is 11.3 Å². The van der Waals surface area contributed by atoms with Crippen molar-refractivity contribution in [2.24, 2.45) is 0 Å². The molecule has 2 heterocycles. The molecule has 2 aromatic rings. The maximum absolute atomic E-state index is 13.3. The SMILES string of the molecule is C[C@H](Sc1nc(-c2ccccc2)cc(C(F)(F)F)n1)C(=O)N1CC[NH+](C)CC1. The predicted molar refractivity (Wildman–Crippen MR) is 101 cm³/mol. The van der Waals surface area contributed by atoms with E-state index < -0.39 is 17.1 Å². The van der Waals surface area contributed by atoms with Gasteiger partial charge in [-0.1, -0.05) is 42.1 Å². The van der Waals surface area contributed by atoms with Crippen molar-refractivity contribution in [2.75, 3.05) is 33.2 Å². The highest BCUT2D eigenvalue weighted by Crippen LogP contribution is 2.33. The highest BCUT2D eigenvalue weighted by molar-refractivity contribution is 8.00. The van der Waals surface area contributed by atoms with Gasteiger partial charge >= 0.3 is 6.18 Å². The van der Waals surface area contributed by atoms with Crippen molar-refractivity contribution >= 4 is 17.7 Å². The van der Waals surface area contributed by atoms with E-state index in [1.54, 1.807) is 42.2 Å². The summed E-state index contributed by atoms with van der Waals surface area (Å²) in [6.07, 6.45) is -4.59. The van der Waals surface area contributed by atoms with Gasteiger partial charge < -0.3 is 9.80 Å². The molecule has 1 amide bonds. The Bertz CT molecular complexity index is 824. The number of quaternary nitrogens is 1. The minimum absolute atomic E-state index is 0.0470. The average molecular weight is 411 g/mol. The number of hydrogen-bond donors (Lipinski definition) is 1. The number of thioether (sulfide) groups is 1. The molecule has 0 bridgehead atoms. The van der Waals surface area contributed by atoms with Crippen LogP contribution in [0.3, 0.4) is 0 Å². The number of nitrogens with one attached hydrogen (secondary N) is 1. The molecule has 1 atom stereocenters. The van der Waals surface area contributed by atoms with E-state index in [1.165, 1.54) is 4.90 Å². The Kier molecular flexibility index (Phi) is 6.24. The number of halogens is 3. The Labute approximate surface area is 166 Å². The maximum Gasteiger partial charge on any atom is 0.433 e. The highest BCUT2D eigenvalue weighted by Gasteiger charge is 2.34. The molecule has 1 aromatic carbocycles. The molecule has 0 unspecified atom stereocenters. The number of aromatic nitrogens is 2. The van der Waals surface area contributed by atoms with Gasteiger partial charge in [0.25, 0.3) is 0 Å². The summed E-state index contributed by atoms with van der Waals surface area (Å²) >= 11 is 0.965. The minimum Gasteiger partial charge on any atom is -0.334 e. The van der Waals surface area contributed by atoms with Crippen LogP contribution in [0.25, 0.3) is 11.3 Å². The first-order chi connectivity index (χ1) is 13.2. The normalized spacial score (nSPS) is 16.8. The lowest BCUT2D eigenvalue weighted by Gasteiger charge is -2.31. The minimum atomic E-state index is -4.59. The van der Waals surface area contributed by atoms with E-state index >= 15 is 0 Å². The molecular weight excluding hydrogens is 389 g/mol. The van der Waals surface area contributed by atoms with Crippen LogP contribution in [0.4, 0.5) is 13.2 Å². The lowest BCUT2D eigenvalue weighted by atomic mass is 10.1. The van der Waals surface area contributed by atoms with Crippen LogP contribution in [0.15, 0.2) is 41.6 Å². The second-order valence-corrected chi connectivity index (χ2v) is 8.14. The molecule has 150 valence electrons. The number of benzene rings is 1. The van der Waals surface area contributed by atoms with Crippen LogP contribution in [0.2, 0.25) is 0 Å². The number of carbonyl (C=O) groups excluding carboxylic acids is 1. The number of amides is 1. The Balaban J connectivity index is 1.83. The van der Waals surface area contributed by atoms with Crippen molar-refractivity contribution in [1.29, 1.82) is 0 Å². The molecular formula is C19H22F3N4OS+. The first-order valence-electron chi connectivity index (χ1n) is 9.02. The average Bonchev–Trinajstić information content (AvgIpc) is 2.68. The zero-order valence-electron chi connectivity index (χ0n) is 15.7. The van der Waals surface area contributed by atoms with Gasteiger partial charge in [-0.2, -0.15) is 13.2 Å². The summed E-state index contributed by atoms with van der Waals surface area (Å²) in [5.74, 6) is -0.0974. The summed E-state index contributed by atoms with van der Waals surface area (Å²) in [6, 6.07) is 9.58. The topological polar surface area (TPSA) is 50.5 Å². The number of hydrogen-bond acceptors (Lipinski definition) is 4. The standard InChI is InChI=1S/C19H21F3N4OS/c1-13(17(27)26-10-8-25(2)9-11-26)28-18-23-15(14-6-4-3-5-7-14)12-16(24-18)19(20,21)22/h3-7,12-13H,8-11H2,1-2H3/p+1/t13-/m0/s1. The van der Waals surface area contributed by atoms with Gasteiger partial charge in [0.1, 0.15) is 5.69 Å². The van der Waals surface area contributed by atoms with Crippen molar-refractivity contribution in [3.63, 3.8) is 0 Å². The van der Waals surface area contributed by atoms with Crippen LogP contribution in [-0.2, 0) is 11.0 Å². The fourth-order valence-electron chi connectivity index (χ4n) is 2.95. The van der Waals surface area contributed by atoms with Crippen molar-refractivity contribution < 1.29 is 22.9 Å². The fourth-order valence-corrected chi connectivity index (χ4v) is 3.82. The van der Waals surface area contributed by atoms with Gasteiger partial charge in [0.2, 0.25) is 5.91 Å². The van der Waals surface area contributed by atoms with Gasteiger partial charge in [-0.3, -0.25) is 4.79 Å². The second kappa shape index (κ2) is 8.48. The number of rotatable bonds is 4. The number of alkyl halides is 3. The Morgan fingerprint density at radius 2 is 1.82 bits per heavy atom. The molecule has 1 aliphatic rings. The first-order valence-corrected chi connectivity index (χ1v) is 9.90. The van der Waals surface area contributed by atoms with Gasteiger partial charge in [-0.15, -0.1) is 0 Å². The Hall–Kier alpha value is -2.13. The third-order valence-electron chi connectivity index (χ3n) is 4.62. The van der Waals surface area contributed by atoms with Crippen LogP contribution >= 0.6 is 11.8 Å². The van der Waals surface area contributed by atoms with Crippen LogP contribution in [0, 0.1) is 0 Å². The molecule has 1 aliphatic heterocycles. The smallest absolute Gasteiger partial charge is 0.334 e. The number of piperazine rings is 1. The van der Waals surface area contributed by atoms with Gasteiger partial charge in [0.15, 0.2) is 5.16 Å². The summed E-state index contributed by atoms with van der Waals surface area (Å²) < 4.78 is 39.9. The molecule has 1 N–H and O–H groups in total. The fraction of sp³-hybridized carbons (Fsp3) is 0.421. The summed E-state index contributed by atoms with van der Waals surface area (Å²) in [4.78, 5) is 23.7. The van der Waals surface area contributed by atoms with Crippen LogP contribution < -0.4 is 4.90 Å². The van der Waals surface area contributed by atoms with Crippen molar-refractivity contribution in [3.05, 3.63) is 42.1 Å². The summed E-state index contributed by atoms with van der Waals surface area (Å²) in [5, 5.41) is -0.611. The van der Waals surface area contributed by atoms with E-state index in [1.807, 2.05) is 0 Å². The summed E-state index contributed by atoms with van der Waals surface area (Å²) in [6.45, 7) is 4.70. The van der Waals surface area contributed by atoms with E-state index in [2.05, 4.69) is 17.0 Å². The summed E-state index contributed by atoms with van der Waals surface area (Å²) in [5.41, 5.74) is -0.252. The van der Waals surface area contributed by atoms with Gasteiger partial charge in [-0.25, -0.2) is 9.97 Å². The van der Waals surface area contributed by atoms with E-state index in [0.29, 0.717) is 18.7 Å². The lowest BCUT2D eigenvalue weighted by molar-refractivity contribution is -0.883. The van der Waals surface area contributed by atoms with Gasteiger partial charge in [-0.05, 0) is 13.0 Å². The molecule has 9 heteroatoms. The molecule has 1 fully saturated rings. The first kappa shape index (κ1) is 20.6. The number of nitrogens with zero attached hydrogens (tertiary/aromatic N) is 3. The molecule has 0 spiro atoms.